The molecule has 1 saturated heterocycles. The van der Waals surface area contributed by atoms with Crippen LogP contribution in [0.25, 0.3) is 0 Å². The second-order valence-corrected chi connectivity index (χ2v) is 8.29. The topological polar surface area (TPSA) is 109 Å². The van der Waals surface area contributed by atoms with E-state index in [-0.39, 0.29) is 49.3 Å². The second-order valence-electron chi connectivity index (χ2n) is 6.35. The fourth-order valence-electron chi connectivity index (χ4n) is 2.96. The Morgan fingerprint density at radius 3 is 2.38 bits per heavy atom. The maximum absolute atomic E-state index is 12.8. The number of carbonyl (C=O) groups excluding carboxylic acids is 2. The van der Waals surface area contributed by atoms with Gasteiger partial charge >= 0.3 is 0 Å². The standard InChI is InChI=1S/C19H23N3O6S/c1-2-27-15-5-7-16(8-6-15)29(25,26)22-11-9-21(10-12-22)18(23)14-20-19(24)17-4-3-13-28-17/h3-8,13H,2,9-12,14H2,1H3,(H,20,24). The molecule has 2 amide bonds. The molecule has 0 aliphatic carbocycles. The van der Waals surface area contributed by atoms with Gasteiger partial charge in [0.2, 0.25) is 15.9 Å². The first-order valence-electron chi connectivity index (χ1n) is 9.24. The van der Waals surface area contributed by atoms with Gasteiger partial charge in [-0.25, -0.2) is 8.42 Å². The van der Waals surface area contributed by atoms with Crippen LogP contribution in [0.4, 0.5) is 0 Å². The van der Waals surface area contributed by atoms with E-state index in [1.807, 2.05) is 6.92 Å². The molecule has 2 aromatic rings. The van der Waals surface area contributed by atoms with E-state index in [2.05, 4.69) is 5.32 Å². The Hall–Kier alpha value is -2.85. The molecular weight excluding hydrogens is 398 g/mol. The minimum Gasteiger partial charge on any atom is -0.494 e. The van der Waals surface area contributed by atoms with Gasteiger partial charge in [-0.05, 0) is 43.3 Å². The zero-order chi connectivity index (χ0) is 20.9. The monoisotopic (exact) mass is 421 g/mol. The summed E-state index contributed by atoms with van der Waals surface area (Å²) in [4.78, 5) is 25.8. The first-order valence-corrected chi connectivity index (χ1v) is 10.7. The number of hydrogen-bond donors (Lipinski definition) is 1. The van der Waals surface area contributed by atoms with E-state index in [1.165, 1.54) is 33.7 Å². The number of carbonyl (C=O) groups is 2. The molecule has 0 bridgehead atoms. The fourth-order valence-corrected chi connectivity index (χ4v) is 4.39. The first-order chi connectivity index (χ1) is 13.9. The third kappa shape index (κ3) is 4.96. The largest absolute Gasteiger partial charge is 0.494 e. The predicted molar refractivity (Wildman–Crippen MR) is 104 cm³/mol. The predicted octanol–water partition coefficient (Wildman–Crippen LogP) is 0.941. The molecule has 10 heteroatoms. The van der Waals surface area contributed by atoms with Crippen LogP contribution in [-0.4, -0.2) is 68.8 Å². The van der Waals surface area contributed by atoms with Crippen molar-refractivity contribution in [3.63, 3.8) is 0 Å². The molecule has 1 aromatic carbocycles. The van der Waals surface area contributed by atoms with E-state index >= 15 is 0 Å². The van der Waals surface area contributed by atoms with Crippen LogP contribution in [0.15, 0.2) is 52.0 Å². The van der Waals surface area contributed by atoms with Crippen molar-refractivity contribution < 1.29 is 27.2 Å². The summed E-state index contributed by atoms with van der Waals surface area (Å²) < 4.78 is 37.2. The van der Waals surface area contributed by atoms with Crippen molar-refractivity contribution in [3.8, 4) is 5.75 Å². The van der Waals surface area contributed by atoms with Gasteiger partial charge in [-0.2, -0.15) is 4.31 Å². The molecule has 0 saturated carbocycles. The summed E-state index contributed by atoms with van der Waals surface area (Å²) in [5.74, 6) is -0.00869. The number of rotatable bonds is 7. The number of piperazine rings is 1. The zero-order valence-corrected chi connectivity index (χ0v) is 16.9. The Morgan fingerprint density at radius 2 is 1.79 bits per heavy atom. The normalized spacial score (nSPS) is 15.1. The Balaban J connectivity index is 1.52. The molecule has 29 heavy (non-hydrogen) atoms. The highest BCUT2D eigenvalue weighted by atomic mass is 32.2. The van der Waals surface area contributed by atoms with Gasteiger partial charge in [0, 0.05) is 26.2 Å². The fraction of sp³-hybridized carbons (Fsp3) is 0.368. The van der Waals surface area contributed by atoms with Gasteiger partial charge in [0.25, 0.3) is 5.91 Å². The van der Waals surface area contributed by atoms with Crippen LogP contribution < -0.4 is 10.1 Å². The van der Waals surface area contributed by atoms with Crippen LogP contribution >= 0.6 is 0 Å². The Bertz CT molecular complexity index is 933. The van der Waals surface area contributed by atoms with Gasteiger partial charge < -0.3 is 19.4 Å². The van der Waals surface area contributed by atoms with Crippen molar-refractivity contribution in [1.29, 1.82) is 0 Å². The number of nitrogens with one attached hydrogen (secondary N) is 1. The van der Waals surface area contributed by atoms with Crippen LogP contribution in [-0.2, 0) is 14.8 Å². The van der Waals surface area contributed by atoms with Gasteiger partial charge in [0.15, 0.2) is 5.76 Å². The molecular formula is C19H23N3O6S. The van der Waals surface area contributed by atoms with Gasteiger partial charge in [0.05, 0.1) is 24.3 Å². The Kier molecular flexibility index (Phi) is 6.55. The van der Waals surface area contributed by atoms with Crippen LogP contribution in [0.2, 0.25) is 0 Å². The van der Waals surface area contributed by atoms with E-state index in [0.29, 0.717) is 12.4 Å². The zero-order valence-electron chi connectivity index (χ0n) is 16.0. The smallest absolute Gasteiger partial charge is 0.287 e. The maximum atomic E-state index is 12.8. The number of nitrogens with zero attached hydrogens (tertiary/aromatic N) is 2. The van der Waals surface area contributed by atoms with Crippen LogP contribution in [0.1, 0.15) is 17.5 Å². The molecule has 0 atom stereocenters. The molecule has 1 aliphatic heterocycles. The molecule has 156 valence electrons. The van der Waals surface area contributed by atoms with Gasteiger partial charge in [-0.15, -0.1) is 0 Å². The lowest BCUT2D eigenvalue weighted by Gasteiger charge is -2.34. The number of benzene rings is 1. The van der Waals surface area contributed by atoms with E-state index in [1.54, 1.807) is 18.2 Å². The molecule has 2 heterocycles. The number of hydrogen-bond acceptors (Lipinski definition) is 6. The summed E-state index contributed by atoms with van der Waals surface area (Å²) in [6, 6.07) is 9.37. The summed E-state index contributed by atoms with van der Waals surface area (Å²) in [5, 5.41) is 2.50. The summed E-state index contributed by atoms with van der Waals surface area (Å²) in [7, 11) is -3.64. The molecule has 1 aromatic heterocycles. The summed E-state index contributed by atoms with van der Waals surface area (Å²) >= 11 is 0. The average molecular weight is 421 g/mol. The van der Waals surface area contributed by atoms with Crippen molar-refractivity contribution in [2.75, 3.05) is 39.3 Å². The quantitative estimate of drug-likeness (QED) is 0.713. The van der Waals surface area contributed by atoms with Crippen LogP contribution in [0.3, 0.4) is 0 Å². The first kappa shape index (κ1) is 20.9. The molecule has 0 spiro atoms. The molecule has 1 aliphatic rings. The van der Waals surface area contributed by atoms with Crippen molar-refractivity contribution in [2.24, 2.45) is 0 Å². The number of ether oxygens (including phenoxy) is 1. The summed E-state index contributed by atoms with van der Waals surface area (Å²) in [6.07, 6.45) is 1.38. The highest BCUT2D eigenvalue weighted by molar-refractivity contribution is 7.89. The average Bonchev–Trinajstić information content (AvgIpc) is 3.27. The van der Waals surface area contributed by atoms with Crippen molar-refractivity contribution in [2.45, 2.75) is 11.8 Å². The Labute approximate surface area is 169 Å². The molecule has 1 N–H and O–H groups in total. The van der Waals surface area contributed by atoms with Gasteiger partial charge in [0.1, 0.15) is 5.75 Å². The van der Waals surface area contributed by atoms with E-state index in [4.69, 9.17) is 9.15 Å². The highest BCUT2D eigenvalue weighted by Crippen LogP contribution is 2.21. The minimum absolute atomic E-state index is 0.129. The summed E-state index contributed by atoms with van der Waals surface area (Å²) in [6.45, 7) is 3.07. The van der Waals surface area contributed by atoms with Crippen LogP contribution in [0.5, 0.6) is 5.75 Å². The lowest BCUT2D eigenvalue weighted by Crippen LogP contribution is -2.52. The van der Waals surface area contributed by atoms with E-state index < -0.39 is 15.9 Å². The lowest BCUT2D eigenvalue weighted by molar-refractivity contribution is -0.131. The van der Waals surface area contributed by atoms with Crippen molar-refractivity contribution in [1.82, 2.24) is 14.5 Å². The molecule has 0 radical (unpaired) electrons. The third-order valence-corrected chi connectivity index (χ3v) is 6.42. The van der Waals surface area contributed by atoms with Gasteiger partial charge in [-0.3, -0.25) is 9.59 Å². The van der Waals surface area contributed by atoms with Crippen molar-refractivity contribution >= 4 is 21.8 Å². The van der Waals surface area contributed by atoms with Crippen LogP contribution in [0, 0.1) is 0 Å². The lowest BCUT2D eigenvalue weighted by atomic mass is 10.3. The molecule has 3 rings (SSSR count). The number of amides is 2. The molecule has 9 nitrogen and oxygen atoms in total. The van der Waals surface area contributed by atoms with E-state index in [0.717, 1.165) is 0 Å². The number of furan rings is 1. The highest BCUT2D eigenvalue weighted by Gasteiger charge is 2.30. The molecule has 0 unspecified atom stereocenters. The minimum atomic E-state index is -3.64. The Morgan fingerprint density at radius 1 is 1.10 bits per heavy atom. The second kappa shape index (κ2) is 9.10. The van der Waals surface area contributed by atoms with Gasteiger partial charge in [-0.1, -0.05) is 0 Å². The number of sulfonamides is 1. The van der Waals surface area contributed by atoms with Crippen molar-refractivity contribution in [3.05, 3.63) is 48.4 Å². The SMILES string of the molecule is CCOc1ccc(S(=O)(=O)N2CCN(C(=O)CNC(=O)c3ccco3)CC2)cc1. The van der Waals surface area contributed by atoms with E-state index in [9.17, 15) is 18.0 Å². The maximum Gasteiger partial charge on any atom is 0.287 e. The summed E-state index contributed by atoms with van der Waals surface area (Å²) in [5.41, 5.74) is 0. The third-order valence-electron chi connectivity index (χ3n) is 4.51. The molecule has 1 fully saturated rings.